The lowest BCUT2D eigenvalue weighted by molar-refractivity contribution is -0.143. The van der Waals surface area contributed by atoms with Crippen molar-refractivity contribution in [1.82, 2.24) is 14.1 Å². The molecule has 0 unspecified atom stereocenters. The van der Waals surface area contributed by atoms with Crippen LogP contribution in [0.25, 0.3) is 11.8 Å². The maximum absolute atomic E-state index is 14.1. The Labute approximate surface area is 244 Å². The van der Waals surface area contributed by atoms with E-state index in [0.29, 0.717) is 31.9 Å². The second kappa shape index (κ2) is 11.0. The van der Waals surface area contributed by atoms with E-state index < -0.39 is 12.0 Å². The van der Waals surface area contributed by atoms with Crippen molar-refractivity contribution in [3.05, 3.63) is 107 Å². The van der Waals surface area contributed by atoms with Crippen LogP contribution in [0.2, 0.25) is 0 Å². The quantitative estimate of drug-likeness (QED) is 0.290. The Morgan fingerprint density at radius 2 is 1.95 bits per heavy atom. The smallest absolute Gasteiger partial charge is 0.338 e. The number of halogens is 1. The number of nitrogens with zero attached hydrogens (tertiary/aromatic N) is 4. The maximum atomic E-state index is 14.1. The lowest BCUT2D eigenvalue weighted by Crippen LogP contribution is -2.40. The molecule has 206 valence electrons. The predicted octanol–water partition coefficient (Wildman–Crippen LogP) is 4.76. The Hall–Kier alpha value is -3.76. The molecule has 0 fully saturated rings. The van der Waals surface area contributed by atoms with Crippen molar-refractivity contribution in [2.75, 3.05) is 7.11 Å². The van der Waals surface area contributed by atoms with E-state index in [0.717, 1.165) is 27.1 Å². The number of methoxy groups -OCH3 is 1. The minimum absolute atomic E-state index is 0.246. The van der Waals surface area contributed by atoms with Gasteiger partial charge in [-0.2, -0.15) is 0 Å². The molecule has 40 heavy (non-hydrogen) atoms. The van der Waals surface area contributed by atoms with Gasteiger partial charge in [0.15, 0.2) is 4.80 Å². The fourth-order valence-corrected chi connectivity index (χ4v) is 6.45. The van der Waals surface area contributed by atoms with Crippen LogP contribution >= 0.6 is 27.3 Å². The van der Waals surface area contributed by atoms with E-state index in [1.54, 1.807) is 38.6 Å². The molecule has 1 aromatic carbocycles. The van der Waals surface area contributed by atoms with Gasteiger partial charge >= 0.3 is 5.97 Å². The summed E-state index contributed by atoms with van der Waals surface area (Å²) in [7, 11) is 1.57. The fourth-order valence-electron chi connectivity index (χ4n) is 5.03. The summed E-state index contributed by atoms with van der Waals surface area (Å²) in [5.41, 5.74) is 5.09. The van der Waals surface area contributed by atoms with Gasteiger partial charge in [0.05, 0.1) is 40.9 Å². The molecule has 0 radical (unpaired) electrons. The number of rotatable bonds is 6. The van der Waals surface area contributed by atoms with Gasteiger partial charge in [0.2, 0.25) is 0 Å². The van der Waals surface area contributed by atoms with Crippen LogP contribution in [0.15, 0.2) is 74.3 Å². The van der Waals surface area contributed by atoms with Crippen molar-refractivity contribution in [3.63, 3.8) is 0 Å². The van der Waals surface area contributed by atoms with Crippen molar-refractivity contribution in [1.29, 1.82) is 0 Å². The standard InChI is InChI=1S/C30H29BrN4O4S/c1-16(2)39-29(37)26-18(4)33-30-35(27(26)23-14-21(31)9-10-24(23)38-6)28(36)25(40-30)13-20-12-17(3)34(19(20)5)22-8-7-11-32-15-22/h7-16,27H,1-6H3/b25-13-/t27-/m1/s1. The molecule has 1 atom stereocenters. The normalized spacial score (nSPS) is 15.3. The molecule has 1 aliphatic heterocycles. The summed E-state index contributed by atoms with van der Waals surface area (Å²) in [6, 6.07) is 10.7. The number of ether oxygens (including phenoxy) is 2. The molecular formula is C30H29BrN4O4S. The molecule has 0 saturated heterocycles. The zero-order valence-electron chi connectivity index (χ0n) is 23.1. The Bertz CT molecular complexity index is 1830. The van der Waals surface area contributed by atoms with Gasteiger partial charge in [-0.05, 0) is 82.7 Å². The van der Waals surface area contributed by atoms with Crippen LogP contribution in [0.5, 0.6) is 5.75 Å². The van der Waals surface area contributed by atoms with Crippen molar-refractivity contribution >= 4 is 39.3 Å². The lowest BCUT2D eigenvalue weighted by atomic mass is 9.95. The molecule has 0 spiro atoms. The van der Waals surface area contributed by atoms with E-state index in [2.05, 4.69) is 25.5 Å². The number of pyridine rings is 1. The summed E-state index contributed by atoms with van der Waals surface area (Å²) in [5, 5.41) is 0. The number of aromatic nitrogens is 3. The van der Waals surface area contributed by atoms with Crippen LogP contribution in [0, 0.1) is 13.8 Å². The molecule has 0 bridgehead atoms. The predicted molar refractivity (Wildman–Crippen MR) is 159 cm³/mol. The number of thiazole rings is 1. The van der Waals surface area contributed by atoms with Crippen LogP contribution in [-0.2, 0) is 9.53 Å². The minimum Gasteiger partial charge on any atom is -0.496 e. The molecule has 0 amide bonds. The highest BCUT2D eigenvalue weighted by molar-refractivity contribution is 9.10. The van der Waals surface area contributed by atoms with Crippen molar-refractivity contribution in [2.45, 2.75) is 46.8 Å². The number of benzene rings is 1. The van der Waals surface area contributed by atoms with Gasteiger partial charge in [0, 0.05) is 27.6 Å². The summed E-state index contributed by atoms with van der Waals surface area (Å²) in [5.74, 6) is 0.0323. The number of fused-ring (bicyclic) bond motifs is 1. The summed E-state index contributed by atoms with van der Waals surface area (Å²) in [6.07, 6.45) is 5.10. The minimum atomic E-state index is -0.778. The van der Waals surface area contributed by atoms with E-state index in [1.807, 2.05) is 62.5 Å². The first-order valence-electron chi connectivity index (χ1n) is 12.8. The van der Waals surface area contributed by atoms with Crippen molar-refractivity contribution in [3.8, 4) is 11.4 Å². The Kier molecular flexibility index (Phi) is 7.65. The van der Waals surface area contributed by atoms with E-state index >= 15 is 0 Å². The summed E-state index contributed by atoms with van der Waals surface area (Å²) in [6.45, 7) is 9.39. The summed E-state index contributed by atoms with van der Waals surface area (Å²) < 4.78 is 16.3. The third-order valence-corrected chi connectivity index (χ3v) is 8.21. The Balaban J connectivity index is 1.74. The molecule has 0 saturated carbocycles. The first kappa shape index (κ1) is 27.8. The topological polar surface area (TPSA) is 87.7 Å². The van der Waals surface area contributed by atoms with Gasteiger partial charge in [0.1, 0.15) is 11.8 Å². The first-order valence-corrected chi connectivity index (χ1v) is 14.4. The van der Waals surface area contributed by atoms with Gasteiger partial charge in [-0.1, -0.05) is 27.3 Å². The van der Waals surface area contributed by atoms with E-state index in [-0.39, 0.29) is 11.7 Å². The number of hydrogen-bond donors (Lipinski definition) is 0. The third-order valence-electron chi connectivity index (χ3n) is 6.73. The number of aryl methyl sites for hydroxylation is 1. The Morgan fingerprint density at radius 3 is 2.62 bits per heavy atom. The summed E-state index contributed by atoms with van der Waals surface area (Å²) >= 11 is 4.83. The highest BCUT2D eigenvalue weighted by Gasteiger charge is 2.35. The molecule has 0 N–H and O–H groups in total. The number of carbonyl (C=O) groups is 1. The molecule has 0 aliphatic carbocycles. The van der Waals surface area contributed by atoms with Gasteiger partial charge in [0.25, 0.3) is 5.56 Å². The maximum Gasteiger partial charge on any atom is 0.338 e. The highest BCUT2D eigenvalue weighted by Crippen LogP contribution is 2.37. The van der Waals surface area contributed by atoms with Crippen LogP contribution in [0.3, 0.4) is 0 Å². The average Bonchev–Trinajstić information content (AvgIpc) is 3.37. The van der Waals surface area contributed by atoms with Gasteiger partial charge in [-0.25, -0.2) is 9.79 Å². The van der Waals surface area contributed by atoms with Crippen LogP contribution in [0.1, 0.15) is 49.3 Å². The van der Waals surface area contributed by atoms with E-state index in [1.165, 1.54) is 11.3 Å². The first-order chi connectivity index (χ1) is 19.1. The molecule has 8 nitrogen and oxygen atoms in total. The molecule has 1 aliphatic rings. The van der Waals surface area contributed by atoms with Crippen molar-refractivity contribution < 1.29 is 14.3 Å². The fraction of sp³-hybridized carbons (Fsp3) is 0.267. The SMILES string of the molecule is COc1ccc(Br)cc1[C@@H]1C(C(=O)OC(C)C)=C(C)N=c2s/c(=C\c3cc(C)n(-c4cccnc4)c3C)c(=O)n21. The van der Waals surface area contributed by atoms with Crippen molar-refractivity contribution in [2.24, 2.45) is 4.99 Å². The highest BCUT2D eigenvalue weighted by atomic mass is 79.9. The Morgan fingerprint density at radius 1 is 1.18 bits per heavy atom. The molecule has 10 heteroatoms. The number of esters is 1. The second-order valence-electron chi connectivity index (χ2n) is 9.80. The number of allylic oxidation sites excluding steroid dienone is 1. The van der Waals surface area contributed by atoms with E-state index in [9.17, 15) is 9.59 Å². The zero-order chi connectivity index (χ0) is 28.7. The van der Waals surface area contributed by atoms with Gasteiger partial charge in [-0.15, -0.1) is 0 Å². The van der Waals surface area contributed by atoms with Crippen LogP contribution in [0.4, 0.5) is 0 Å². The third kappa shape index (κ3) is 4.97. The molecule has 5 rings (SSSR count). The molecule has 4 aromatic rings. The van der Waals surface area contributed by atoms with E-state index in [4.69, 9.17) is 14.5 Å². The number of hydrogen-bond acceptors (Lipinski definition) is 7. The van der Waals surface area contributed by atoms with Gasteiger partial charge in [-0.3, -0.25) is 14.3 Å². The second-order valence-corrected chi connectivity index (χ2v) is 11.7. The molecule has 4 heterocycles. The number of carbonyl (C=O) groups excluding carboxylic acids is 1. The summed E-state index contributed by atoms with van der Waals surface area (Å²) in [4.78, 5) is 36.9. The zero-order valence-corrected chi connectivity index (χ0v) is 25.5. The molecular weight excluding hydrogens is 592 g/mol. The van der Waals surface area contributed by atoms with Crippen LogP contribution < -0.4 is 19.6 Å². The lowest BCUT2D eigenvalue weighted by Gasteiger charge is -2.26. The van der Waals surface area contributed by atoms with Gasteiger partial charge < -0.3 is 14.0 Å². The monoisotopic (exact) mass is 620 g/mol. The molecule has 3 aromatic heterocycles. The van der Waals surface area contributed by atoms with Crippen LogP contribution in [-0.4, -0.2) is 33.3 Å². The average molecular weight is 622 g/mol. The largest absolute Gasteiger partial charge is 0.496 e.